The summed E-state index contributed by atoms with van der Waals surface area (Å²) in [4.78, 5) is 25.6. The average Bonchev–Trinajstić information content (AvgIpc) is 2.75. The lowest BCUT2D eigenvalue weighted by molar-refractivity contribution is -0.134. The van der Waals surface area contributed by atoms with E-state index in [-0.39, 0.29) is 12.0 Å². The minimum absolute atomic E-state index is 0.248. The van der Waals surface area contributed by atoms with E-state index in [1.54, 1.807) is 18.3 Å². The van der Waals surface area contributed by atoms with E-state index in [4.69, 9.17) is 16.3 Å². The first-order chi connectivity index (χ1) is 8.70. The van der Waals surface area contributed by atoms with Gasteiger partial charge < -0.3 is 9.84 Å². The molecule has 0 radical (unpaired) electrons. The largest absolute Gasteiger partial charge is 0.458 e. The van der Waals surface area contributed by atoms with Gasteiger partial charge in [0.25, 0.3) is 12.0 Å². The second kappa shape index (κ2) is 5.50. The van der Waals surface area contributed by atoms with Crippen LogP contribution in [0.2, 0.25) is 5.02 Å². The number of pyridine rings is 1. The summed E-state index contributed by atoms with van der Waals surface area (Å²) in [7, 11) is 0. The van der Waals surface area contributed by atoms with Gasteiger partial charge >= 0.3 is 0 Å². The quantitative estimate of drug-likeness (QED) is 0.797. The molecule has 94 valence electrons. The smallest absolute Gasteiger partial charge is 0.293 e. The van der Waals surface area contributed by atoms with Gasteiger partial charge in [0.2, 0.25) is 0 Å². The molecule has 6 nitrogen and oxygen atoms in total. The Labute approximate surface area is 107 Å². The third kappa shape index (κ3) is 2.78. The van der Waals surface area contributed by atoms with Crippen LogP contribution in [0.25, 0.3) is 0 Å². The van der Waals surface area contributed by atoms with Gasteiger partial charge in [0.15, 0.2) is 6.10 Å². The second-order valence-corrected chi connectivity index (χ2v) is 3.99. The maximum Gasteiger partial charge on any atom is 0.293 e. The molecule has 0 aromatic carbocycles. The highest BCUT2D eigenvalue weighted by molar-refractivity contribution is 6.31. The zero-order valence-corrected chi connectivity index (χ0v) is 9.98. The zero-order chi connectivity index (χ0) is 13.0. The van der Waals surface area contributed by atoms with Crippen LogP contribution >= 0.6 is 11.6 Å². The van der Waals surface area contributed by atoms with Crippen molar-refractivity contribution >= 4 is 18.1 Å². The van der Waals surface area contributed by atoms with E-state index in [2.05, 4.69) is 15.2 Å². The Morgan fingerprint density at radius 1 is 1.50 bits per heavy atom. The monoisotopic (exact) mass is 267 g/mol. The van der Waals surface area contributed by atoms with Crippen molar-refractivity contribution in [2.75, 3.05) is 0 Å². The van der Waals surface area contributed by atoms with Crippen LogP contribution in [-0.4, -0.2) is 21.7 Å². The Balaban J connectivity index is 2.26. The second-order valence-electron chi connectivity index (χ2n) is 3.58. The molecule has 0 fully saturated rings. The summed E-state index contributed by atoms with van der Waals surface area (Å²) in [6, 6.07) is 4.73. The fourth-order valence-electron chi connectivity index (χ4n) is 1.59. The molecule has 0 aliphatic rings. The van der Waals surface area contributed by atoms with Crippen LogP contribution < -0.4 is 5.56 Å². The normalized spacial score (nSPS) is 12.1. The molecule has 2 aromatic heterocycles. The third-order valence-electron chi connectivity index (χ3n) is 2.37. The number of nitrogens with one attached hydrogen (secondary N) is 2. The van der Waals surface area contributed by atoms with E-state index >= 15 is 0 Å². The van der Waals surface area contributed by atoms with Crippen molar-refractivity contribution in [2.24, 2.45) is 0 Å². The molecule has 0 saturated carbocycles. The maximum absolute atomic E-state index is 11.0. The fraction of sp³-hybridized carbons (Fsp3) is 0.182. The molecule has 1 atom stereocenters. The summed E-state index contributed by atoms with van der Waals surface area (Å²) in [6.45, 7) is 0.334. The van der Waals surface area contributed by atoms with Gasteiger partial charge in [-0.25, -0.2) is 0 Å². The molecular weight excluding hydrogens is 258 g/mol. The van der Waals surface area contributed by atoms with Gasteiger partial charge in [0.05, 0.1) is 10.7 Å². The van der Waals surface area contributed by atoms with Crippen molar-refractivity contribution in [3.05, 3.63) is 51.2 Å². The number of H-pyrrole nitrogens is 2. The van der Waals surface area contributed by atoms with Gasteiger partial charge in [-0.1, -0.05) is 11.6 Å². The molecule has 1 unspecified atom stereocenters. The third-order valence-corrected chi connectivity index (χ3v) is 2.69. The van der Waals surface area contributed by atoms with Gasteiger partial charge in [-0.15, -0.1) is 0 Å². The fourth-order valence-corrected chi connectivity index (χ4v) is 1.84. The Bertz CT molecular complexity index is 593. The summed E-state index contributed by atoms with van der Waals surface area (Å²) in [5.74, 6) is 0. The van der Waals surface area contributed by atoms with Crippen molar-refractivity contribution in [3.8, 4) is 0 Å². The number of aromatic amines is 2. The van der Waals surface area contributed by atoms with Crippen molar-refractivity contribution in [1.82, 2.24) is 15.2 Å². The van der Waals surface area contributed by atoms with Crippen LogP contribution in [0.3, 0.4) is 0 Å². The van der Waals surface area contributed by atoms with E-state index in [1.165, 1.54) is 6.07 Å². The number of aromatic nitrogens is 3. The summed E-state index contributed by atoms with van der Waals surface area (Å²) >= 11 is 5.99. The van der Waals surface area contributed by atoms with E-state index < -0.39 is 6.10 Å². The Kier molecular flexibility index (Phi) is 3.78. The highest BCUT2D eigenvalue weighted by Crippen LogP contribution is 2.25. The maximum atomic E-state index is 11.0. The number of halogens is 1. The SMILES string of the molecule is O=COC(Cc1cc(=O)[nH][nH]1)c1ncccc1Cl. The van der Waals surface area contributed by atoms with Crippen molar-refractivity contribution in [3.63, 3.8) is 0 Å². The molecule has 18 heavy (non-hydrogen) atoms. The van der Waals surface area contributed by atoms with Crippen LogP contribution in [0.4, 0.5) is 0 Å². The topological polar surface area (TPSA) is 87.8 Å². The number of rotatable bonds is 5. The van der Waals surface area contributed by atoms with Crippen molar-refractivity contribution in [1.29, 1.82) is 0 Å². The minimum atomic E-state index is -0.636. The number of hydrogen-bond acceptors (Lipinski definition) is 4. The number of ether oxygens (including phenoxy) is 1. The minimum Gasteiger partial charge on any atom is -0.458 e. The highest BCUT2D eigenvalue weighted by Gasteiger charge is 2.18. The molecule has 2 heterocycles. The van der Waals surface area contributed by atoms with Crippen molar-refractivity contribution in [2.45, 2.75) is 12.5 Å². The molecule has 2 rings (SSSR count). The predicted octanol–water partition coefficient (Wildman–Crippen LogP) is 1.21. The van der Waals surface area contributed by atoms with Crippen LogP contribution in [-0.2, 0) is 16.0 Å². The number of carbonyl (C=O) groups excluding carboxylic acids is 1. The van der Waals surface area contributed by atoms with Gasteiger partial charge in [0.1, 0.15) is 0 Å². The van der Waals surface area contributed by atoms with Crippen LogP contribution in [0, 0.1) is 0 Å². The summed E-state index contributed by atoms with van der Waals surface area (Å²) < 4.78 is 4.96. The Hall–Kier alpha value is -2.08. The molecule has 0 amide bonds. The number of carbonyl (C=O) groups is 1. The molecule has 0 saturated heterocycles. The van der Waals surface area contributed by atoms with Crippen LogP contribution in [0.5, 0.6) is 0 Å². The predicted molar refractivity (Wildman–Crippen MR) is 64.3 cm³/mol. The zero-order valence-electron chi connectivity index (χ0n) is 9.22. The summed E-state index contributed by atoms with van der Waals surface area (Å²) in [5.41, 5.74) is 0.809. The van der Waals surface area contributed by atoms with Gasteiger partial charge in [0, 0.05) is 24.4 Å². The van der Waals surface area contributed by atoms with E-state index in [1.807, 2.05) is 0 Å². The summed E-state index contributed by atoms with van der Waals surface area (Å²) in [5, 5.41) is 5.49. The van der Waals surface area contributed by atoms with E-state index in [0.717, 1.165) is 0 Å². The first kappa shape index (κ1) is 12.4. The Morgan fingerprint density at radius 3 is 2.94 bits per heavy atom. The number of hydrogen-bond donors (Lipinski definition) is 2. The molecule has 0 bridgehead atoms. The highest BCUT2D eigenvalue weighted by atomic mass is 35.5. The lowest BCUT2D eigenvalue weighted by Gasteiger charge is -2.14. The van der Waals surface area contributed by atoms with Gasteiger partial charge in [-0.2, -0.15) is 0 Å². The van der Waals surface area contributed by atoms with Crippen molar-refractivity contribution < 1.29 is 9.53 Å². The van der Waals surface area contributed by atoms with Gasteiger partial charge in [-0.3, -0.25) is 19.7 Å². The molecule has 2 N–H and O–H groups in total. The molecule has 0 spiro atoms. The lowest BCUT2D eigenvalue weighted by atomic mass is 10.1. The molecular formula is C11H10ClN3O3. The van der Waals surface area contributed by atoms with E-state index in [9.17, 15) is 9.59 Å². The lowest BCUT2D eigenvalue weighted by Crippen LogP contribution is -2.10. The summed E-state index contributed by atoms with van der Waals surface area (Å²) in [6.07, 6.45) is 1.21. The molecule has 0 aliphatic heterocycles. The van der Waals surface area contributed by atoms with Crippen LogP contribution in [0.15, 0.2) is 29.2 Å². The average molecular weight is 268 g/mol. The molecule has 7 heteroatoms. The van der Waals surface area contributed by atoms with Gasteiger partial charge in [-0.05, 0) is 12.1 Å². The van der Waals surface area contributed by atoms with Crippen LogP contribution in [0.1, 0.15) is 17.5 Å². The molecule has 2 aromatic rings. The molecule has 0 aliphatic carbocycles. The first-order valence-electron chi connectivity index (χ1n) is 5.17. The first-order valence-corrected chi connectivity index (χ1v) is 5.54. The van der Waals surface area contributed by atoms with E-state index in [0.29, 0.717) is 22.9 Å². The number of nitrogens with zero attached hydrogens (tertiary/aromatic N) is 1. The standard InChI is InChI=1S/C11H10ClN3O3/c12-8-2-1-3-13-11(8)9(18-6-16)4-7-5-10(17)15-14-7/h1-3,5-6,9H,4H2,(H2,14,15,17). The Morgan fingerprint density at radius 2 is 2.33 bits per heavy atom.